The van der Waals surface area contributed by atoms with Crippen LogP contribution >= 0.6 is 0 Å². The van der Waals surface area contributed by atoms with Crippen LogP contribution in [0.5, 0.6) is 5.88 Å². The molecule has 8 nitrogen and oxygen atoms in total. The molecular weight excluding hydrogens is 387 g/mol. The molecule has 1 aromatic heterocycles. The number of rotatable bonds is 5. The molecule has 3 rings (SSSR count). The number of halogens is 1. The lowest BCUT2D eigenvalue weighted by Gasteiger charge is -2.20. The minimum atomic E-state index is -3.86. The number of aromatic hydroxyl groups is 1. The number of para-hydroxylation sites is 1. The second kappa shape index (κ2) is 7.39. The Labute approximate surface area is 160 Å². The minimum absolute atomic E-state index is 0.000872. The van der Waals surface area contributed by atoms with Gasteiger partial charge in [-0.1, -0.05) is 24.3 Å². The van der Waals surface area contributed by atoms with Gasteiger partial charge in [-0.25, -0.2) is 12.8 Å². The summed E-state index contributed by atoms with van der Waals surface area (Å²) in [4.78, 5) is 12.2. The predicted octanol–water partition coefficient (Wildman–Crippen LogP) is 3.10. The van der Waals surface area contributed by atoms with Crippen LogP contribution in [0.15, 0.2) is 58.8 Å². The summed E-state index contributed by atoms with van der Waals surface area (Å²) in [7, 11) is -2.23. The van der Waals surface area contributed by atoms with Crippen LogP contribution in [0.4, 0.5) is 15.8 Å². The molecule has 3 aromatic rings. The highest BCUT2D eigenvalue weighted by molar-refractivity contribution is 7.92. The van der Waals surface area contributed by atoms with Gasteiger partial charge in [-0.2, -0.15) is 0 Å². The third-order valence-corrected chi connectivity index (χ3v) is 5.23. The normalized spacial score (nSPS) is 12.0. The summed E-state index contributed by atoms with van der Waals surface area (Å²) in [5.74, 6) is -1.69. The topological polar surface area (TPSA) is 104 Å². The van der Waals surface area contributed by atoms with Gasteiger partial charge in [-0.15, -0.1) is 10.2 Å². The van der Waals surface area contributed by atoms with Crippen molar-refractivity contribution < 1.29 is 22.7 Å². The number of aryl methyl sites for hydroxylation is 1. The zero-order chi connectivity index (χ0) is 20.5. The van der Waals surface area contributed by atoms with Crippen molar-refractivity contribution in [3.63, 3.8) is 0 Å². The molecule has 10 heteroatoms. The van der Waals surface area contributed by atoms with E-state index in [1.54, 1.807) is 31.3 Å². The van der Waals surface area contributed by atoms with E-state index >= 15 is 0 Å². The second-order valence-corrected chi connectivity index (χ2v) is 8.00. The van der Waals surface area contributed by atoms with E-state index < -0.39 is 28.3 Å². The fourth-order valence-electron chi connectivity index (χ4n) is 2.75. The third kappa shape index (κ3) is 3.86. The smallest absolute Gasteiger partial charge is 0.285 e. The first-order chi connectivity index (χ1) is 13.2. The highest BCUT2D eigenvalue weighted by Crippen LogP contribution is 2.37. The van der Waals surface area contributed by atoms with Crippen LogP contribution in [0.2, 0.25) is 0 Å². The third-order valence-electron chi connectivity index (χ3n) is 4.09. The van der Waals surface area contributed by atoms with Gasteiger partial charge in [0.05, 0.1) is 17.5 Å². The summed E-state index contributed by atoms with van der Waals surface area (Å²) in [5.41, 5.74) is 0.793. The Hall–Kier alpha value is -3.27. The van der Waals surface area contributed by atoms with Gasteiger partial charge in [0, 0.05) is 12.4 Å². The largest absolute Gasteiger partial charge is 0.493 e. The average molecular weight is 404 g/mol. The number of nitrogens with zero attached hydrogens (tertiary/aromatic N) is 4. The molecule has 0 spiro atoms. The van der Waals surface area contributed by atoms with Crippen LogP contribution in [-0.2, 0) is 21.9 Å². The van der Waals surface area contributed by atoms with Gasteiger partial charge in [0.1, 0.15) is 12.4 Å². The van der Waals surface area contributed by atoms with E-state index in [2.05, 4.69) is 10.2 Å². The van der Waals surface area contributed by atoms with Crippen molar-refractivity contribution in [2.75, 3.05) is 17.1 Å². The van der Waals surface area contributed by atoms with Crippen molar-refractivity contribution in [1.29, 1.82) is 0 Å². The Balaban J connectivity index is 1.89. The second-order valence-electron chi connectivity index (χ2n) is 6.09. The fourth-order valence-corrected chi connectivity index (χ4v) is 3.59. The van der Waals surface area contributed by atoms with Crippen LogP contribution in [0, 0.1) is 5.82 Å². The van der Waals surface area contributed by atoms with Gasteiger partial charge in [-0.05, 0) is 24.3 Å². The highest BCUT2D eigenvalue weighted by atomic mass is 32.2. The van der Waals surface area contributed by atoms with Gasteiger partial charge < -0.3 is 9.67 Å². The van der Waals surface area contributed by atoms with Gasteiger partial charge >= 0.3 is 0 Å². The van der Waals surface area contributed by atoms with Gasteiger partial charge in [-0.3, -0.25) is 9.10 Å². The SMILES string of the molecule is Cn1c(O)c(N=NC(=O)CN(c2cccc(F)c2)S(C)(=O)=O)c2ccccc21. The number of sulfonamides is 1. The number of fused-ring (bicyclic) bond motifs is 1. The molecule has 28 heavy (non-hydrogen) atoms. The molecule has 146 valence electrons. The number of carbonyl (C=O) groups is 1. The molecule has 0 aliphatic heterocycles. The molecule has 0 bridgehead atoms. The van der Waals surface area contributed by atoms with Crippen LogP contribution in [0.1, 0.15) is 0 Å². The van der Waals surface area contributed by atoms with Crippen LogP contribution in [0.25, 0.3) is 10.9 Å². The zero-order valence-electron chi connectivity index (χ0n) is 15.1. The Morgan fingerprint density at radius 2 is 1.93 bits per heavy atom. The van der Waals surface area contributed by atoms with E-state index in [1.807, 2.05) is 0 Å². The molecule has 0 aliphatic rings. The van der Waals surface area contributed by atoms with Crippen molar-refractivity contribution in [3.8, 4) is 5.88 Å². The van der Waals surface area contributed by atoms with E-state index in [9.17, 15) is 22.7 Å². The minimum Gasteiger partial charge on any atom is -0.493 e. The summed E-state index contributed by atoms with van der Waals surface area (Å²) >= 11 is 0. The summed E-state index contributed by atoms with van der Waals surface area (Å²) < 4.78 is 39.7. The Morgan fingerprint density at radius 3 is 2.61 bits per heavy atom. The molecule has 0 radical (unpaired) electrons. The first-order valence-corrected chi connectivity index (χ1v) is 9.97. The number of azo groups is 1. The molecule has 0 unspecified atom stereocenters. The molecule has 1 amide bonds. The molecule has 2 aromatic carbocycles. The lowest BCUT2D eigenvalue weighted by Crippen LogP contribution is -2.34. The summed E-state index contributed by atoms with van der Waals surface area (Å²) in [5, 5.41) is 18.1. The first-order valence-electron chi connectivity index (χ1n) is 8.12. The van der Waals surface area contributed by atoms with E-state index in [1.165, 1.54) is 16.7 Å². The number of hydrogen-bond donors (Lipinski definition) is 1. The number of aromatic nitrogens is 1. The summed E-state index contributed by atoms with van der Waals surface area (Å²) in [6.45, 7) is -0.655. The lowest BCUT2D eigenvalue weighted by molar-refractivity contribution is -0.116. The standard InChI is InChI=1S/C18H17FN4O4S/c1-22-15-9-4-3-8-14(15)17(18(22)25)21-20-16(24)11-23(28(2,26)27)13-7-5-6-12(19)10-13/h3-10,25H,11H2,1-2H3. The summed E-state index contributed by atoms with van der Waals surface area (Å²) in [6, 6.07) is 11.9. The monoisotopic (exact) mass is 404 g/mol. The fraction of sp³-hybridized carbons (Fsp3) is 0.167. The van der Waals surface area contributed by atoms with Crippen molar-refractivity contribution in [2.24, 2.45) is 17.3 Å². The van der Waals surface area contributed by atoms with Gasteiger partial charge in [0.15, 0.2) is 5.69 Å². The van der Waals surface area contributed by atoms with E-state index in [0.717, 1.165) is 22.7 Å². The maximum atomic E-state index is 13.4. The number of anilines is 1. The van der Waals surface area contributed by atoms with Crippen molar-refractivity contribution in [1.82, 2.24) is 4.57 Å². The quantitative estimate of drug-likeness (QED) is 0.660. The van der Waals surface area contributed by atoms with Crippen molar-refractivity contribution >= 4 is 38.2 Å². The molecule has 0 fully saturated rings. The predicted molar refractivity (Wildman–Crippen MR) is 103 cm³/mol. The molecule has 1 N–H and O–H groups in total. The van der Waals surface area contributed by atoms with E-state index in [0.29, 0.717) is 10.9 Å². The highest BCUT2D eigenvalue weighted by Gasteiger charge is 2.21. The van der Waals surface area contributed by atoms with Crippen molar-refractivity contribution in [2.45, 2.75) is 0 Å². The Bertz CT molecular complexity index is 1190. The van der Waals surface area contributed by atoms with Crippen LogP contribution in [-0.4, -0.2) is 36.8 Å². The number of benzene rings is 2. The Kier molecular flexibility index (Phi) is 5.14. The maximum Gasteiger partial charge on any atom is 0.285 e. The van der Waals surface area contributed by atoms with Crippen LogP contribution in [0.3, 0.4) is 0 Å². The molecule has 0 saturated heterocycles. The van der Waals surface area contributed by atoms with E-state index in [-0.39, 0.29) is 17.3 Å². The van der Waals surface area contributed by atoms with Crippen LogP contribution < -0.4 is 4.31 Å². The number of hydrogen-bond acceptors (Lipinski definition) is 5. The van der Waals surface area contributed by atoms with E-state index in [4.69, 9.17) is 0 Å². The Morgan fingerprint density at radius 1 is 1.21 bits per heavy atom. The molecule has 0 atom stereocenters. The maximum absolute atomic E-state index is 13.4. The number of carbonyl (C=O) groups excluding carboxylic acids is 1. The first kappa shape index (κ1) is 19.5. The molecule has 0 saturated carbocycles. The molecular formula is C18H17FN4O4S. The van der Waals surface area contributed by atoms with Gasteiger partial charge in [0.25, 0.3) is 5.91 Å². The lowest BCUT2D eigenvalue weighted by atomic mass is 10.2. The average Bonchev–Trinajstić information content (AvgIpc) is 2.88. The molecule has 1 heterocycles. The molecule has 0 aliphatic carbocycles. The van der Waals surface area contributed by atoms with Gasteiger partial charge in [0.2, 0.25) is 15.9 Å². The number of amides is 1. The van der Waals surface area contributed by atoms with Crippen molar-refractivity contribution in [3.05, 3.63) is 54.3 Å². The zero-order valence-corrected chi connectivity index (χ0v) is 15.9. The summed E-state index contributed by atoms with van der Waals surface area (Å²) in [6.07, 6.45) is 0.902.